The normalized spacial score (nSPS) is 20.6. The van der Waals surface area contributed by atoms with E-state index < -0.39 is 5.60 Å². The minimum absolute atomic E-state index is 0.220. The van der Waals surface area contributed by atoms with Gasteiger partial charge in [-0.1, -0.05) is 12.7 Å². The minimum Gasteiger partial charge on any atom is -0.445 e. The maximum atomic E-state index is 12.2. The highest BCUT2D eigenvalue weighted by Crippen LogP contribution is 2.41. The van der Waals surface area contributed by atoms with Gasteiger partial charge in [-0.2, -0.15) is 0 Å². The Morgan fingerprint density at radius 2 is 1.46 bits per heavy atom. The summed E-state index contributed by atoms with van der Waals surface area (Å²) in [4.78, 5) is 27.6. The number of amides is 2. The predicted molar refractivity (Wildman–Crippen MR) is 91.8 cm³/mol. The maximum Gasteiger partial charge on any atom is 0.410 e. The van der Waals surface area contributed by atoms with Gasteiger partial charge in [0.1, 0.15) is 12.2 Å². The summed E-state index contributed by atoms with van der Waals surface area (Å²) < 4.78 is 10.5. The number of likely N-dealkylation sites (tertiary alicyclic amines) is 2. The van der Waals surface area contributed by atoms with Gasteiger partial charge >= 0.3 is 12.2 Å². The lowest BCUT2D eigenvalue weighted by Gasteiger charge is -2.46. The van der Waals surface area contributed by atoms with Crippen LogP contribution in [0.5, 0.6) is 0 Å². The Hall–Kier alpha value is -1.72. The van der Waals surface area contributed by atoms with Crippen molar-refractivity contribution in [3.8, 4) is 0 Å². The number of carbonyl (C=O) groups is 2. The lowest BCUT2D eigenvalue weighted by Crippen LogP contribution is -2.50. The van der Waals surface area contributed by atoms with Crippen LogP contribution in [0.25, 0.3) is 0 Å². The molecule has 2 aliphatic heterocycles. The summed E-state index contributed by atoms with van der Waals surface area (Å²) in [5, 5.41) is 0. The molecule has 0 atom stereocenters. The lowest BCUT2D eigenvalue weighted by atomic mass is 9.71. The van der Waals surface area contributed by atoms with Gasteiger partial charge in [0.2, 0.25) is 0 Å². The van der Waals surface area contributed by atoms with Gasteiger partial charge in [0, 0.05) is 26.2 Å². The first-order chi connectivity index (χ1) is 11.2. The van der Waals surface area contributed by atoms with Crippen molar-refractivity contribution >= 4 is 12.2 Å². The van der Waals surface area contributed by atoms with Gasteiger partial charge in [0.15, 0.2) is 0 Å². The molecule has 2 saturated heterocycles. The van der Waals surface area contributed by atoms with Crippen LogP contribution < -0.4 is 0 Å². The van der Waals surface area contributed by atoms with E-state index in [4.69, 9.17) is 9.47 Å². The minimum atomic E-state index is -0.455. The summed E-state index contributed by atoms with van der Waals surface area (Å²) in [7, 11) is 0. The highest BCUT2D eigenvalue weighted by atomic mass is 16.6. The average molecular weight is 338 g/mol. The second-order valence-corrected chi connectivity index (χ2v) is 7.82. The molecule has 1 spiro atoms. The van der Waals surface area contributed by atoms with E-state index in [0.717, 1.165) is 51.9 Å². The molecule has 2 aliphatic rings. The molecule has 0 unspecified atom stereocenters. The second kappa shape index (κ2) is 7.45. The third-order valence-corrected chi connectivity index (χ3v) is 4.88. The summed E-state index contributed by atoms with van der Waals surface area (Å²) in [6.45, 7) is 12.4. The zero-order valence-electron chi connectivity index (χ0n) is 15.2. The molecule has 0 aliphatic carbocycles. The zero-order valence-corrected chi connectivity index (χ0v) is 15.2. The first-order valence-electron chi connectivity index (χ1n) is 8.75. The third-order valence-electron chi connectivity index (χ3n) is 4.88. The van der Waals surface area contributed by atoms with Crippen LogP contribution in [-0.4, -0.2) is 60.4 Å². The van der Waals surface area contributed by atoms with Gasteiger partial charge < -0.3 is 19.3 Å². The highest BCUT2D eigenvalue weighted by molar-refractivity contribution is 5.68. The number of nitrogens with zero attached hydrogens (tertiary/aromatic N) is 2. The fourth-order valence-corrected chi connectivity index (χ4v) is 3.38. The van der Waals surface area contributed by atoms with Crippen LogP contribution in [0.1, 0.15) is 46.5 Å². The summed E-state index contributed by atoms with van der Waals surface area (Å²) in [6, 6.07) is 0. The van der Waals surface area contributed by atoms with E-state index in [-0.39, 0.29) is 24.2 Å². The number of carbonyl (C=O) groups excluding carboxylic acids is 2. The molecule has 6 heteroatoms. The molecule has 0 aromatic carbocycles. The molecule has 24 heavy (non-hydrogen) atoms. The third kappa shape index (κ3) is 4.89. The van der Waals surface area contributed by atoms with Crippen molar-refractivity contribution in [2.75, 3.05) is 32.8 Å². The van der Waals surface area contributed by atoms with Gasteiger partial charge in [-0.15, -0.1) is 0 Å². The number of rotatable bonds is 2. The Bertz CT molecular complexity index is 466. The van der Waals surface area contributed by atoms with Crippen LogP contribution in [0.3, 0.4) is 0 Å². The Balaban J connectivity index is 1.79. The van der Waals surface area contributed by atoms with Crippen molar-refractivity contribution < 1.29 is 19.1 Å². The summed E-state index contributed by atoms with van der Waals surface area (Å²) >= 11 is 0. The van der Waals surface area contributed by atoms with Crippen molar-refractivity contribution in [1.29, 1.82) is 0 Å². The largest absolute Gasteiger partial charge is 0.445 e. The van der Waals surface area contributed by atoms with Crippen LogP contribution in [0.2, 0.25) is 0 Å². The number of ether oxygens (including phenoxy) is 2. The summed E-state index contributed by atoms with van der Waals surface area (Å²) in [5.74, 6) is 0. The van der Waals surface area contributed by atoms with Crippen molar-refractivity contribution in [3.63, 3.8) is 0 Å². The first kappa shape index (κ1) is 18.6. The lowest BCUT2D eigenvalue weighted by molar-refractivity contribution is -0.00206. The van der Waals surface area contributed by atoms with E-state index in [0.29, 0.717) is 0 Å². The first-order valence-corrected chi connectivity index (χ1v) is 8.75. The van der Waals surface area contributed by atoms with E-state index in [1.54, 1.807) is 15.9 Å². The van der Waals surface area contributed by atoms with Crippen molar-refractivity contribution in [3.05, 3.63) is 12.7 Å². The zero-order chi connectivity index (χ0) is 17.8. The molecule has 2 heterocycles. The van der Waals surface area contributed by atoms with Gasteiger partial charge in [-0.05, 0) is 51.9 Å². The molecule has 2 amide bonds. The molecule has 0 saturated carbocycles. The quantitative estimate of drug-likeness (QED) is 0.724. The Kier molecular flexibility index (Phi) is 5.78. The number of piperidine rings is 2. The molecule has 0 aromatic rings. The van der Waals surface area contributed by atoms with Crippen LogP contribution in [0, 0.1) is 5.41 Å². The van der Waals surface area contributed by atoms with Crippen LogP contribution >= 0.6 is 0 Å². The van der Waals surface area contributed by atoms with Gasteiger partial charge in [0.05, 0.1) is 0 Å². The number of hydrogen-bond donors (Lipinski definition) is 0. The van der Waals surface area contributed by atoms with E-state index >= 15 is 0 Å². The number of hydrogen-bond acceptors (Lipinski definition) is 4. The Morgan fingerprint density at radius 1 is 1.00 bits per heavy atom. The van der Waals surface area contributed by atoms with Crippen LogP contribution in [0.15, 0.2) is 12.7 Å². The molecule has 0 radical (unpaired) electrons. The van der Waals surface area contributed by atoms with Gasteiger partial charge in [-0.25, -0.2) is 9.59 Å². The molecule has 6 nitrogen and oxygen atoms in total. The Labute approximate surface area is 144 Å². The molecule has 0 bridgehead atoms. The summed E-state index contributed by atoms with van der Waals surface area (Å²) in [5.41, 5.74) is -0.211. The predicted octanol–water partition coefficient (Wildman–Crippen LogP) is 3.42. The molecule has 0 N–H and O–H groups in total. The fraction of sp³-hybridized carbons (Fsp3) is 0.778. The van der Waals surface area contributed by atoms with Gasteiger partial charge in [0.25, 0.3) is 0 Å². The molecule has 136 valence electrons. The fourth-order valence-electron chi connectivity index (χ4n) is 3.38. The standard InChI is InChI=1S/C18H30N2O4/c1-5-14-23-15(21)19-10-6-18(7-11-19)8-12-20(13-9-18)16(22)24-17(2,3)4/h5H,1,6-14H2,2-4H3. The molecular formula is C18H30N2O4. The van der Waals surface area contributed by atoms with E-state index in [9.17, 15) is 9.59 Å². The highest BCUT2D eigenvalue weighted by Gasteiger charge is 2.40. The maximum absolute atomic E-state index is 12.2. The second-order valence-electron chi connectivity index (χ2n) is 7.82. The molecule has 0 aromatic heterocycles. The van der Waals surface area contributed by atoms with Gasteiger partial charge in [-0.3, -0.25) is 0 Å². The molecule has 2 fully saturated rings. The van der Waals surface area contributed by atoms with Crippen molar-refractivity contribution in [2.45, 2.75) is 52.1 Å². The Morgan fingerprint density at radius 3 is 1.88 bits per heavy atom. The van der Waals surface area contributed by atoms with Crippen LogP contribution in [-0.2, 0) is 9.47 Å². The van der Waals surface area contributed by atoms with E-state index in [2.05, 4.69) is 6.58 Å². The van der Waals surface area contributed by atoms with Crippen molar-refractivity contribution in [1.82, 2.24) is 9.80 Å². The topological polar surface area (TPSA) is 59.1 Å². The smallest absolute Gasteiger partial charge is 0.410 e. The molecular weight excluding hydrogens is 308 g/mol. The molecule has 2 rings (SSSR count). The van der Waals surface area contributed by atoms with Crippen molar-refractivity contribution in [2.24, 2.45) is 5.41 Å². The monoisotopic (exact) mass is 338 g/mol. The van der Waals surface area contributed by atoms with Crippen LogP contribution in [0.4, 0.5) is 9.59 Å². The SMILES string of the molecule is C=CCOC(=O)N1CCC2(CC1)CCN(C(=O)OC(C)(C)C)CC2. The average Bonchev–Trinajstić information content (AvgIpc) is 2.52. The van der Waals surface area contributed by atoms with E-state index in [1.807, 2.05) is 20.8 Å². The summed E-state index contributed by atoms with van der Waals surface area (Å²) in [6.07, 6.45) is 4.99. The van der Waals surface area contributed by atoms with E-state index in [1.165, 1.54) is 0 Å².